The van der Waals surface area contributed by atoms with Gasteiger partial charge in [-0.1, -0.05) is 116 Å². The molecule has 5 aliphatic rings. The second-order valence-corrected chi connectivity index (χ2v) is 51.6. The normalized spacial score (nSPS) is 16.5. The lowest BCUT2D eigenvalue weighted by Crippen LogP contribution is -2.52. The number of nitrogens with zero attached hydrogens (tertiary/aromatic N) is 15. The Hall–Kier alpha value is -10.3. The number of benzene rings is 7. The fraction of sp³-hybridized carbons (Fsp3) is 0.410. The summed E-state index contributed by atoms with van der Waals surface area (Å²) in [6, 6.07) is 46.3. The van der Waals surface area contributed by atoms with Gasteiger partial charge in [0.15, 0.2) is 23.3 Å². The standard InChI is InChI=1S/C30H41ClN7O2P.C28H37ClN7O4P.C22H26ClN4O2PS.C20H27ClN5O3P/c1-35-16-18-38(19-17-35)22-12-14-37(15-13-22)23-10-11-25(27(20-23)40-3)33-30-32-21-24(31)29(34-30)36(2)26-8-6-7-9-28(26)41(4,5)39;1-34-13-15-36(16-14-34)21-9-11-35(12-10-21)22-7-8-24(25(17-22)40-2)32-28-31-19-23(29)27(33-28)30-18-20-5-3-4-6-26(20)41(37,38)39;1-14(2)31-20-9-7-6-8-18(20)25-21-16(23)13-24-22(27-21)26-17-11-10-15(30(4,5)28)12-19(17)29-3;1-29-17-10-12(30(2,3)28)8-9-16(17)25-20-23-11-14(21)19(26-20)24-15-7-5-4-6-13(15)18(22)27/h6-11,20-22H,12-19H2,1-5H3,(H,32,33,34);3-8,17,19,21H,9-16,18H2,1-2H3,(H2,37,38,39)(H2,30,31,32,33);6-14H,1-5H3,(H2,24,25,26,27);8-11,13,15H,4-7H2,1-3H3,(H2,22,27)(H2,23,24,25,26). The van der Waals surface area contributed by atoms with Crippen molar-refractivity contribution in [2.45, 2.75) is 100 Å². The van der Waals surface area contributed by atoms with Gasteiger partial charge >= 0.3 is 7.60 Å². The highest BCUT2D eigenvalue weighted by molar-refractivity contribution is 8.00. The van der Waals surface area contributed by atoms with Gasteiger partial charge in [-0.15, -0.1) is 11.8 Å². The number of hydrogen-bond acceptors (Lipinski definition) is 32. The zero-order valence-electron chi connectivity index (χ0n) is 83.5. The molecule has 11 aromatic rings. The topological polar surface area (TPSA) is 399 Å². The van der Waals surface area contributed by atoms with E-state index in [0.29, 0.717) is 119 Å². The summed E-state index contributed by atoms with van der Waals surface area (Å²) < 4.78 is 71.9. The number of piperidine rings is 2. The lowest BCUT2D eigenvalue weighted by Gasteiger charge is -2.42. The number of thioether (sulfide) groups is 1. The summed E-state index contributed by atoms with van der Waals surface area (Å²) >= 11 is 27.3. The summed E-state index contributed by atoms with van der Waals surface area (Å²) in [6.45, 7) is 28.2. The molecule has 43 heteroatoms. The lowest BCUT2D eigenvalue weighted by molar-refractivity contribution is -0.123. The Morgan fingerprint density at radius 1 is 0.469 bits per heavy atom. The molecular weight excluding hydrogens is 2000 g/mol. The van der Waals surface area contributed by atoms with Gasteiger partial charge in [0.2, 0.25) is 29.7 Å². The summed E-state index contributed by atoms with van der Waals surface area (Å²) in [4.78, 5) is 84.5. The van der Waals surface area contributed by atoms with Crippen LogP contribution in [0.2, 0.25) is 20.1 Å². The number of nitrogens with one attached hydrogen (secondary N) is 7. The molecule has 143 heavy (non-hydrogen) atoms. The zero-order chi connectivity index (χ0) is 103. The van der Waals surface area contributed by atoms with Crippen molar-refractivity contribution in [3.05, 3.63) is 196 Å². The van der Waals surface area contributed by atoms with Crippen molar-refractivity contribution in [3.8, 4) is 23.0 Å². The number of anilines is 16. The van der Waals surface area contributed by atoms with Gasteiger partial charge in [-0.25, -0.2) is 19.9 Å². The van der Waals surface area contributed by atoms with Crippen LogP contribution in [0.3, 0.4) is 0 Å². The van der Waals surface area contributed by atoms with Gasteiger partial charge < -0.3 is 110 Å². The average molecular weight is 2130 g/mol. The van der Waals surface area contributed by atoms with E-state index < -0.39 is 29.0 Å². The molecule has 2 atom stereocenters. The molecule has 0 bridgehead atoms. The fourth-order valence-electron chi connectivity index (χ4n) is 17.6. The van der Waals surface area contributed by atoms with Crippen LogP contribution in [0, 0.1) is 5.92 Å². The van der Waals surface area contributed by atoms with Crippen molar-refractivity contribution in [2.75, 3.05) is 220 Å². The molecule has 766 valence electrons. The molecule has 5 fully saturated rings. The number of carbonyl (C=O) groups is 1. The highest BCUT2D eigenvalue weighted by Gasteiger charge is 2.34. The minimum absolute atomic E-state index is 0.0376. The number of rotatable bonds is 32. The van der Waals surface area contributed by atoms with E-state index in [1.807, 2.05) is 84.7 Å². The van der Waals surface area contributed by atoms with E-state index >= 15 is 0 Å². The second-order valence-electron chi connectivity index (χ2n) is 37.1. The molecule has 34 nitrogen and oxygen atoms in total. The van der Waals surface area contributed by atoms with Crippen molar-refractivity contribution in [1.29, 1.82) is 0 Å². The molecule has 1 aliphatic carbocycles. The van der Waals surface area contributed by atoms with Crippen LogP contribution >= 0.6 is 87.2 Å². The van der Waals surface area contributed by atoms with E-state index in [1.54, 1.807) is 135 Å². The minimum Gasteiger partial charge on any atom is -0.495 e. The third-order valence-corrected chi connectivity index (χ3v) is 33.4. The Kier molecular flexibility index (Phi) is 38.6. The van der Waals surface area contributed by atoms with Crippen molar-refractivity contribution < 1.29 is 51.8 Å². The molecule has 0 radical (unpaired) electrons. The summed E-state index contributed by atoms with van der Waals surface area (Å²) in [5, 5.41) is 26.5. The van der Waals surface area contributed by atoms with E-state index in [1.165, 1.54) is 44.4 Å². The summed E-state index contributed by atoms with van der Waals surface area (Å²) in [5.74, 6) is 5.09. The van der Waals surface area contributed by atoms with E-state index in [-0.39, 0.29) is 34.7 Å². The van der Waals surface area contributed by atoms with E-state index in [9.17, 15) is 32.8 Å². The molecule has 16 rings (SSSR count). The first kappa shape index (κ1) is 110. The maximum absolute atomic E-state index is 13.0. The van der Waals surface area contributed by atoms with Gasteiger partial charge in [-0.05, 0) is 189 Å². The number of likely N-dealkylation sites (N-methyl/N-ethyl adjacent to an activating group) is 2. The first-order valence-electron chi connectivity index (χ1n) is 47.4. The molecule has 8 heterocycles. The first-order chi connectivity index (χ1) is 68.2. The predicted molar refractivity (Wildman–Crippen MR) is 588 cm³/mol. The number of piperazine rings is 2. The monoisotopic (exact) mass is 2130 g/mol. The molecule has 11 N–H and O–H groups in total. The number of hydrogen-bond donors (Lipinski definition) is 10. The number of primary amides is 1. The zero-order valence-corrected chi connectivity index (χ0v) is 90.9. The number of amides is 1. The Morgan fingerprint density at radius 2 is 0.874 bits per heavy atom. The van der Waals surface area contributed by atoms with Crippen LogP contribution in [0.5, 0.6) is 23.0 Å². The highest BCUT2D eigenvalue weighted by Crippen LogP contribution is 2.46. The van der Waals surface area contributed by atoms with Gasteiger partial charge in [0, 0.05) is 160 Å². The molecule has 2 unspecified atom stereocenters. The maximum Gasteiger partial charge on any atom is 0.356 e. The highest BCUT2D eigenvalue weighted by atomic mass is 35.5. The number of carbonyl (C=O) groups excluding carboxylic acids is 1. The molecule has 4 aliphatic heterocycles. The Bertz CT molecular complexity index is 6400. The summed E-state index contributed by atoms with van der Waals surface area (Å²) in [5.41, 5.74) is 12.8. The molecular formula is C100H131Cl4N23O11P4S. The smallest absolute Gasteiger partial charge is 0.356 e. The largest absolute Gasteiger partial charge is 0.495 e. The number of nitrogens with two attached hydrogens (primary N) is 1. The van der Waals surface area contributed by atoms with Crippen LogP contribution in [0.1, 0.15) is 70.8 Å². The summed E-state index contributed by atoms with van der Waals surface area (Å²) in [6.07, 6.45) is 14.3. The molecule has 4 saturated heterocycles. The van der Waals surface area contributed by atoms with Crippen molar-refractivity contribution in [1.82, 2.24) is 59.5 Å². The maximum atomic E-state index is 13.0. The van der Waals surface area contributed by atoms with Crippen LogP contribution in [0.15, 0.2) is 175 Å². The summed E-state index contributed by atoms with van der Waals surface area (Å²) in [7, 11) is 0.949. The van der Waals surface area contributed by atoms with Crippen LogP contribution in [0.4, 0.5) is 92.6 Å². The third-order valence-electron chi connectivity index (χ3n) is 25.5. The van der Waals surface area contributed by atoms with Crippen molar-refractivity contribution >= 4 is 207 Å². The number of ether oxygens (including phenoxy) is 4. The SMILES string of the molecule is COc1cc(N2CCC(N3CCN(C)CC3)CC2)ccc1Nc1ncc(Cl)c(N(C)c2ccccc2P(C)(C)=O)n1.COc1cc(N2CCC(N3CCN(C)CC3)CC2)ccc1Nc1ncc(Cl)c(NCc2ccccc2P(=O)(O)O)n1.COc1cc(P(C)(C)=O)ccc1Nc1ncc(Cl)c(NC2CCCCC2C(N)=O)n1.COc1cc(P(C)(C)=O)ccc1Nc1ncc(Cl)c(Nc2ccccc2SC(C)C)n1. The fourth-order valence-corrected chi connectivity index (χ4v) is 22.9. The van der Waals surface area contributed by atoms with Crippen LogP contribution in [-0.4, -0.2) is 267 Å². The molecule has 7 aromatic carbocycles. The van der Waals surface area contributed by atoms with Gasteiger partial charge in [0.1, 0.15) is 64.5 Å². The molecule has 4 aromatic heterocycles. The lowest BCUT2D eigenvalue weighted by atomic mass is 9.84. The van der Waals surface area contributed by atoms with E-state index in [0.717, 1.165) is 159 Å². The Labute approximate surface area is 862 Å². The quantitative estimate of drug-likeness (QED) is 0.0138. The van der Waals surface area contributed by atoms with Crippen LogP contribution in [0.25, 0.3) is 0 Å². The number of halogens is 4. The molecule has 0 spiro atoms. The second kappa shape index (κ2) is 50.2. The van der Waals surface area contributed by atoms with Crippen molar-refractivity contribution in [3.63, 3.8) is 0 Å². The third kappa shape index (κ3) is 30.2. The van der Waals surface area contributed by atoms with Crippen LogP contribution in [-0.2, 0) is 29.6 Å². The van der Waals surface area contributed by atoms with Gasteiger partial charge in [0.05, 0.1) is 98.6 Å². The van der Waals surface area contributed by atoms with Gasteiger partial charge in [0.25, 0.3) is 0 Å². The van der Waals surface area contributed by atoms with Crippen LogP contribution < -0.4 is 97.8 Å². The number of para-hydroxylation sites is 2. The van der Waals surface area contributed by atoms with E-state index in [4.69, 9.17) is 76.1 Å². The van der Waals surface area contributed by atoms with Crippen molar-refractivity contribution in [2.24, 2.45) is 11.7 Å². The first-order valence-corrected chi connectivity index (χ1v) is 59.2. The minimum atomic E-state index is -4.42. The van der Waals surface area contributed by atoms with Gasteiger partial charge in [-0.3, -0.25) is 19.2 Å². The van der Waals surface area contributed by atoms with Gasteiger partial charge in [-0.2, -0.15) is 19.9 Å². The predicted octanol–water partition coefficient (Wildman–Crippen LogP) is 18.6. The Morgan fingerprint density at radius 3 is 1.34 bits per heavy atom. The average Bonchev–Trinajstić information content (AvgIpc) is 0.785. The molecule has 1 amide bonds. The number of aromatic nitrogens is 8. The van der Waals surface area contributed by atoms with E-state index in [2.05, 4.69) is 154 Å². The molecule has 1 saturated carbocycles. The Balaban J connectivity index is 0.000000162. The number of methoxy groups -OCH3 is 4.